The Morgan fingerprint density at radius 1 is 1.08 bits per heavy atom. The van der Waals surface area contributed by atoms with Gasteiger partial charge in [-0.1, -0.05) is 0 Å². The van der Waals surface area contributed by atoms with Gasteiger partial charge in [-0.05, 0) is 55.0 Å². The molecule has 8 heteroatoms. The molecule has 0 aliphatic heterocycles. The van der Waals surface area contributed by atoms with Crippen molar-refractivity contribution in [3.05, 3.63) is 54.4 Å². The topological polar surface area (TPSA) is 66.0 Å². The molecule has 0 aliphatic rings. The van der Waals surface area contributed by atoms with E-state index >= 15 is 0 Å². The third kappa shape index (κ3) is 3.48. The summed E-state index contributed by atoms with van der Waals surface area (Å²) in [6.45, 7) is 1.88. The summed E-state index contributed by atoms with van der Waals surface area (Å²) in [6, 6.07) is 10.8. The number of aromatic nitrogens is 3. The molecule has 124 valence electrons. The van der Waals surface area contributed by atoms with E-state index in [2.05, 4.69) is 14.8 Å². The van der Waals surface area contributed by atoms with Crippen molar-refractivity contribution in [2.24, 2.45) is 0 Å². The zero-order chi connectivity index (χ0) is 17.3. The summed E-state index contributed by atoms with van der Waals surface area (Å²) in [6.07, 6.45) is -3.23. The first kappa shape index (κ1) is 15.9. The van der Waals surface area contributed by atoms with E-state index in [-0.39, 0.29) is 5.75 Å². The number of aryl methyl sites for hydroxylation is 1. The molecule has 0 bridgehead atoms. The molecule has 1 aromatic heterocycles. The summed E-state index contributed by atoms with van der Waals surface area (Å²) in [5, 5.41) is 4.33. The number of nitrogen functional groups attached to an aromatic ring is 1. The minimum Gasteiger partial charge on any atom is -0.406 e. The Kier molecular flexibility index (Phi) is 3.88. The number of halogens is 3. The van der Waals surface area contributed by atoms with Crippen molar-refractivity contribution < 1.29 is 17.9 Å². The van der Waals surface area contributed by atoms with Gasteiger partial charge in [0.1, 0.15) is 12.1 Å². The van der Waals surface area contributed by atoms with Crippen LogP contribution in [0.5, 0.6) is 5.75 Å². The highest BCUT2D eigenvalue weighted by molar-refractivity contribution is 5.61. The van der Waals surface area contributed by atoms with Crippen LogP contribution >= 0.6 is 0 Å². The first-order valence-electron chi connectivity index (χ1n) is 6.96. The minimum absolute atomic E-state index is 0.291. The van der Waals surface area contributed by atoms with Crippen LogP contribution in [0.4, 0.5) is 18.9 Å². The van der Waals surface area contributed by atoms with Gasteiger partial charge in [0.05, 0.1) is 5.69 Å². The number of nitrogens with two attached hydrogens (primary N) is 1. The van der Waals surface area contributed by atoms with Gasteiger partial charge in [0.25, 0.3) is 0 Å². The standard InChI is InChI=1S/C16H13F3N4O/c1-10-8-11(2-7-14(10)20)15-21-9-23(22-15)12-3-5-13(6-4-12)24-16(17,18)19/h2-9H,20H2,1H3. The van der Waals surface area contributed by atoms with E-state index in [0.29, 0.717) is 17.2 Å². The summed E-state index contributed by atoms with van der Waals surface area (Å²) in [4.78, 5) is 4.22. The van der Waals surface area contributed by atoms with Gasteiger partial charge in [-0.15, -0.1) is 18.3 Å². The van der Waals surface area contributed by atoms with Crippen molar-refractivity contribution in [2.45, 2.75) is 13.3 Å². The highest BCUT2D eigenvalue weighted by Gasteiger charge is 2.30. The zero-order valence-electron chi connectivity index (χ0n) is 12.6. The van der Waals surface area contributed by atoms with Gasteiger partial charge in [-0.25, -0.2) is 9.67 Å². The van der Waals surface area contributed by atoms with Gasteiger partial charge in [0.15, 0.2) is 5.82 Å². The molecule has 0 atom stereocenters. The van der Waals surface area contributed by atoms with Crippen LogP contribution in [0, 0.1) is 6.92 Å². The maximum atomic E-state index is 12.2. The molecular formula is C16H13F3N4O. The summed E-state index contributed by atoms with van der Waals surface area (Å²) >= 11 is 0. The first-order valence-corrected chi connectivity index (χ1v) is 6.96. The molecule has 0 radical (unpaired) electrons. The van der Waals surface area contributed by atoms with E-state index < -0.39 is 6.36 Å². The Bertz CT molecular complexity index is 857. The van der Waals surface area contributed by atoms with Crippen molar-refractivity contribution in [2.75, 3.05) is 5.73 Å². The number of hydrogen-bond donors (Lipinski definition) is 1. The summed E-state index contributed by atoms with van der Waals surface area (Å²) in [5.41, 5.74) is 8.74. The molecule has 0 saturated carbocycles. The normalized spacial score (nSPS) is 11.5. The zero-order valence-corrected chi connectivity index (χ0v) is 12.6. The first-order chi connectivity index (χ1) is 11.3. The van der Waals surface area contributed by atoms with Crippen molar-refractivity contribution >= 4 is 5.69 Å². The van der Waals surface area contributed by atoms with Crippen LogP contribution in [0.1, 0.15) is 5.56 Å². The van der Waals surface area contributed by atoms with Gasteiger partial charge in [-0.2, -0.15) is 0 Å². The van der Waals surface area contributed by atoms with Gasteiger partial charge >= 0.3 is 6.36 Å². The fourth-order valence-electron chi connectivity index (χ4n) is 2.14. The molecule has 5 nitrogen and oxygen atoms in total. The Labute approximate surface area is 135 Å². The second kappa shape index (κ2) is 5.88. The van der Waals surface area contributed by atoms with Crippen molar-refractivity contribution in [3.8, 4) is 22.8 Å². The Balaban J connectivity index is 1.84. The lowest BCUT2D eigenvalue weighted by Gasteiger charge is -2.09. The van der Waals surface area contributed by atoms with Gasteiger partial charge in [0, 0.05) is 11.3 Å². The Morgan fingerprint density at radius 3 is 2.42 bits per heavy atom. The van der Waals surface area contributed by atoms with Crippen LogP contribution in [0.15, 0.2) is 48.8 Å². The quantitative estimate of drug-likeness (QED) is 0.741. The maximum Gasteiger partial charge on any atom is 0.573 e. The fourth-order valence-corrected chi connectivity index (χ4v) is 2.14. The van der Waals surface area contributed by atoms with E-state index in [1.54, 1.807) is 6.07 Å². The van der Waals surface area contributed by atoms with E-state index in [0.717, 1.165) is 11.1 Å². The predicted molar refractivity (Wildman–Crippen MR) is 82.6 cm³/mol. The van der Waals surface area contributed by atoms with Crippen molar-refractivity contribution in [1.82, 2.24) is 14.8 Å². The highest BCUT2D eigenvalue weighted by atomic mass is 19.4. The molecule has 0 amide bonds. The number of hydrogen-bond acceptors (Lipinski definition) is 4. The molecule has 2 N–H and O–H groups in total. The lowest BCUT2D eigenvalue weighted by atomic mass is 10.1. The SMILES string of the molecule is Cc1cc(-c2ncn(-c3ccc(OC(F)(F)F)cc3)n2)ccc1N. The van der Waals surface area contributed by atoms with Gasteiger partial charge < -0.3 is 10.5 Å². The molecule has 0 saturated heterocycles. The average molecular weight is 334 g/mol. The highest BCUT2D eigenvalue weighted by Crippen LogP contribution is 2.24. The molecule has 2 aromatic carbocycles. The number of ether oxygens (including phenoxy) is 1. The Hall–Kier alpha value is -3.03. The second-order valence-corrected chi connectivity index (χ2v) is 5.13. The van der Waals surface area contributed by atoms with Gasteiger partial charge in [0.2, 0.25) is 0 Å². The van der Waals surface area contributed by atoms with Gasteiger partial charge in [-0.3, -0.25) is 0 Å². The molecule has 1 heterocycles. The van der Waals surface area contributed by atoms with Crippen LogP contribution in [0.3, 0.4) is 0 Å². The third-order valence-electron chi connectivity index (χ3n) is 3.35. The molecule has 24 heavy (non-hydrogen) atoms. The number of anilines is 1. The molecule has 3 aromatic rings. The largest absolute Gasteiger partial charge is 0.573 e. The third-order valence-corrected chi connectivity index (χ3v) is 3.35. The molecule has 0 aliphatic carbocycles. The Morgan fingerprint density at radius 2 is 1.79 bits per heavy atom. The molecule has 3 rings (SSSR count). The summed E-state index contributed by atoms with van der Waals surface area (Å²) in [5.74, 6) is 0.203. The second-order valence-electron chi connectivity index (χ2n) is 5.13. The van der Waals surface area contributed by atoms with E-state index in [1.807, 2.05) is 19.1 Å². The van der Waals surface area contributed by atoms with Crippen LogP contribution in [0.2, 0.25) is 0 Å². The molecule has 0 spiro atoms. The monoisotopic (exact) mass is 334 g/mol. The molecule has 0 unspecified atom stereocenters. The summed E-state index contributed by atoms with van der Waals surface area (Å²) < 4.78 is 41.8. The van der Waals surface area contributed by atoms with Crippen LogP contribution in [-0.2, 0) is 0 Å². The minimum atomic E-state index is -4.71. The number of nitrogens with zero attached hydrogens (tertiary/aromatic N) is 3. The molecule has 0 fully saturated rings. The van der Waals surface area contributed by atoms with Crippen LogP contribution in [-0.4, -0.2) is 21.1 Å². The lowest BCUT2D eigenvalue weighted by molar-refractivity contribution is -0.274. The van der Waals surface area contributed by atoms with Crippen LogP contribution < -0.4 is 10.5 Å². The van der Waals surface area contributed by atoms with E-state index in [9.17, 15) is 13.2 Å². The fraction of sp³-hybridized carbons (Fsp3) is 0.125. The molecular weight excluding hydrogens is 321 g/mol. The lowest BCUT2D eigenvalue weighted by Crippen LogP contribution is -2.17. The maximum absolute atomic E-state index is 12.2. The smallest absolute Gasteiger partial charge is 0.406 e. The van der Waals surface area contributed by atoms with Crippen molar-refractivity contribution in [3.63, 3.8) is 0 Å². The van der Waals surface area contributed by atoms with Crippen molar-refractivity contribution in [1.29, 1.82) is 0 Å². The summed E-state index contributed by atoms with van der Waals surface area (Å²) in [7, 11) is 0. The van der Waals surface area contributed by atoms with Crippen LogP contribution in [0.25, 0.3) is 17.1 Å². The number of benzene rings is 2. The number of rotatable bonds is 3. The number of alkyl halides is 3. The predicted octanol–water partition coefficient (Wildman–Crippen LogP) is 3.72. The van der Waals surface area contributed by atoms with E-state index in [4.69, 9.17) is 5.73 Å². The van der Waals surface area contributed by atoms with E-state index in [1.165, 1.54) is 35.3 Å². The average Bonchev–Trinajstić information content (AvgIpc) is 2.99.